The minimum absolute atomic E-state index is 0.447. The second-order valence-electron chi connectivity index (χ2n) is 3.38. The summed E-state index contributed by atoms with van der Waals surface area (Å²) in [6.45, 7) is 3.30. The third-order valence-corrected chi connectivity index (χ3v) is 1.73. The number of aromatic nitrogens is 4. The first-order valence-corrected chi connectivity index (χ1v) is 3.98. The van der Waals surface area contributed by atoms with E-state index in [1.807, 2.05) is 0 Å². The summed E-state index contributed by atoms with van der Waals surface area (Å²) in [4.78, 5) is 0. The van der Waals surface area contributed by atoms with Gasteiger partial charge in [-0.2, -0.15) is 9.61 Å². The molecule has 2 rings (SSSR count). The summed E-state index contributed by atoms with van der Waals surface area (Å²) in [5.74, 6) is 0.447. The molecular formula is C8H10N4O. The van der Waals surface area contributed by atoms with Gasteiger partial charge in [-0.3, -0.25) is 0 Å². The third-order valence-electron chi connectivity index (χ3n) is 1.73. The van der Waals surface area contributed by atoms with Gasteiger partial charge in [0.25, 0.3) is 0 Å². The summed E-state index contributed by atoms with van der Waals surface area (Å²) in [5, 5.41) is 21.5. The van der Waals surface area contributed by atoms with Crippen molar-refractivity contribution in [3.63, 3.8) is 0 Å². The number of aliphatic hydroxyl groups is 1. The Balaban J connectivity index is 2.72. The van der Waals surface area contributed by atoms with Crippen LogP contribution in [0.3, 0.4) is 0 Å². The van der Waals surface area contributed by atoms with E-state index >= 15 is 0 Å². The zero-order valence-electron chi connectivity index (χ0n) is 7.47. The highest BCUT2D eigenvalue weighted by Gasteiger charge is 2.23. The van der Waals surface area contributed by atoms with E-state index in [-0.39, 0.29) is 0 Å². The molecule has 0 spiro atoms. The van der Waals surface area contributed by atoms with Crippen LogP contribution in [0.2, 0.25) is 0 Å². The van der Waals surface area contributed by atoms with Crippen LogP contribution in [0, 0.1) is 0 Å². The van der Waals surface area contributed by atoms with E-state index in [0.29, 0.717) is 11.5 Å². The third kappa shape index (κ3) is 1.27. The number of rotatable bonds is 1. The number of nitrogens with zero attached hydrogens (tertiary/aromatic N) is 4. The van der Waals surface area contributed by atoms with E-state index in [0.717, 1.165) is 0 Å². The first-order valence-electron chi connectivity index (χ1n) is 3.98. The minimum Gasteiger partial charge on any atom is -0.382 e. The molecule has 5 nitrogen and oxygen atoms in total. The minimum atomic E-state index is -1.02. The average molecular weight is 178 g/mol. The molecule has 0 saturated carbocycles. The van der Waals surface area contributed by atoms with Crippen molar-refractivity contribution in [1.29, 1.82) is 0 Å². The Morgan fingerprint density at radius 1 is 1.38 bits per heavy atom. The molecule has 2 aromatic heterocycles. The SMILES string of the molecule is CC(C)(O)c1nnc2cccnn12. The molecule has 0 unspecified atom stereocenters. The summed E-state index contributed by atoms with van der Waals surface area (Å²) in [6.07, 6.45) is 1.63. The highest BCUT2D eigenvalue weighted by Crippen LogP contribution is 2.16. The van der Waals surface area contributed by atoms with E-state index in [9.17, 15) is 5.11 Å². The molecule has 0 aromatic carbocycles. The zero-order valence-corrected chi connectivity index (χ0v) is 7.47. The van der Waals surface area contributed by atoms with Crippen molar-refractivity contribution in [1.82, 2.24) is 19.8 Å². The van der Waals surface area contributed by atoms with E-state index in [2.05, 4.69) is 15.3 Å². The van der Waals surface area contributed by atoms with Gasteiger partial charge in [0.15, 0.2) is 11.5 Å². The van der Waals surface area contributed by atoms with Gasteiger partial charge < -0.3 is 5.11 Å². The summed E-state index contributed by atoms with van der Waals surface area (Å²) < 4.78 is 1.53. The lowest BCUT2D eigenvalue weighted by Gasteiger charge is -2.13. The maximum absolute atomic E-state index is 9.71. The Hall–Kier alpha value is -1.49. The molecule has 2 heterocycles. The van der Waals surface area contributed by atoms with Crippen molar-refractivity contribution in [2.24, 2.45) is 0 Å². The number of hydrogen-bond acceptors (Lipinski definition) is 4. The summed E-state index contributed by atoms with van der Waals surface area (Å²) in [5.41, 5.74) is -0.382. The molecule has 5 heteroatoms. The predicted octanol–water partition coefficient (Wildman–Crippen LogP) is 0.352. The maximum atomic E-state index is 9.71. The van der Waals surface area contributed by atoms with Crippen LogP contribution in [0.25, 0.3) is 5.65 Å². The van der Waals surface area contributed by atoms with Crippen molar-refractivity contribution in [2.45, 2.75) is 19.4 Å². The monoisotopic (exact) mass is 178 g/mol. The Morgan fingerprint density at radius 3 is 2.85 bits per heavy atom. The van der Waals surface area contributed by atoms with Gasteiger partial charge in [0.1, 0.15) is 5.60 Å². The van der Waals surface area contributed by atoms with Crippen molar-refractivity contribution < 1.29 is 5.11 Å². The Labute approximate surface area is 75.0 Å². The maximum Gasteiger partial charge on any atom is 0.185 e. The summed E-state index contributed by atoms with van der Waals surface area (Å²) >= 11 is 0. The fraction of sp³-hybridized carbons (Fsp3) is 0.375. The molecular weight excluding hydrogens is 168 g/mol. The Bertz CT molecular complexity index is 429. The van der Waals surface area contributed by atoms with Crippen LogP contribution in [-0.2, 0) is 5.60 Å². The molecule has 0 fully saturated rings. The molecule has 0 aliphatic rings. The summed E-state index contributed by atoms with van der Waals surface area (Å²) in [6, 6.07) is 3.56. The molecule has 0 aliphatic heterocycles. The molecule has 2 aromatic rings. The molecule has 0 radical (unpaired) electrons. The van der Waals surface area contributed by atoms with Crippen molar-refractivity contribution >= 4 is 5.65 Å². The van der Waals surface area contributed by atoms with Gasteiger partial charge in [-0.25, -0.2) is 0 Å². The van der Waals surface area contributed by atoms with Crippen LogP contribution in [0.4, 0.5) is 0 Å². The molecule has 0 aliphatic carbocycles. The van der Waals surface area contributed by atoms with Crippen LogP contribution in [-0.4, -0.2) is 24.9 Å². The van der Waals surface area contributed by atoms with Crippen LogP contribution >= 0.6 is 0 Å². The largest absolute Gasteiger partial charge is 0.382 e. The smallest absolute Gasteiger partial charge is 0.185 e. The van der Waals surface area contributed by atoms with Crippen LogP contribution in [0.1, 0.15) is 19.7 Å². The first kappa shape index (κ1) is 8.12. The normalized spacial score (nSPS) is 12.2. The second-order valence-corrected chi connectivity index (χ2v) is 3.38. The number of hydrogen-bond donors (Lipinski definition) is 1. The standard InChI is InChI=1S/C8H10N4O/c1-8(2,13)7-11-10-6-4-3-5-9-12(6)7/h3-5,13H,1-2H3. The highest BCUT2D eigenvalue weighted by atomic mass is 16.3. The van der Waals surface area contributed by atoms with E-state index in [4.69, 9.17) is 0 Å². The van der Waals surface area contributed by atoms with Crippen LogP contribution in [0.15, 0.2) is 18.3 Å². The van der Waals surface area contributed by atoms with Gasteiger partial charge >= 0.3 is 0 Å². The van der Waals surface area contributed by atoms with Crippen molar-refractivity contribution in [3.05, 3.63) is 24.2 Å². The molecule has 68 valence electrons. The zero-order chi connectivity index (χ0) is 9.47. The number of fused-ring (bicyclic) bond motifs is 1. The topological polar surface area (TPSA) is 63.3 Å². The molecule has 0 bridgehead atoms. The quantitative estimate of drug-likeness (QED) is 0.684. The summed E-state index contributed by atoms with van der Waals surface area (Å²) in [7, 11) is 0. The molecule has 1 N–H and O–H groups in total. The Morgan fingerprint density at radius 2 is 2.15 bits per heavy atom. The van der Waals surface area contributed by atoms with Gasteiger partial charge in [-0.05, 0) is 26.0 Å². The van der Waals surface area contributed by atoms with Crippen LogP contribution in [0.5, 0.6) is 0 Å². The Kier molecular flexibility index (Phi) is 1.56. The highest BCUT2D eigenvalue weighted by molar-refractivity contribution is 5.35. The lowest BCUT2D eigenvalue weighted by molar-refractivity contribution is 0.0664. The van der Waals surface area contributed by atoms with E-state index < -0.39 is 5.60 Å². The van der Waals surface area contributed by atoms with Gasteiger partial charge in [-0.15, -0.1) is 10.2 Å². The van der Waals surface area contributed by atoms with Gasteiger partial charge in [0.05, 0.1) is 0 Å². The predicted molar refractivity (Wildman–Crippen MR) is 46.0 cm³/mol. The fourth-order valence-corrected chi connectivity index (χ4v) is 1.13. The fourth-order valence-electron chi connectivity index (χ4n) is 1.13. The average Bonchev–Trinajstić information content (AvgIpc) is 2.45. The molecule has 0 saturated heterocycles. The molecule has 13 heavy (non-hydrogen) atoms. The molecule has 0 amide bonds. The lowest BCUT2D eigenvalue weighted by Crippen LogP contribution is -2.20. The second kappa shape index (κ2) is 2.50. The van der Waals surface area contributed by atoms with E-state index in [1.54, 1.807) is 32.2 Å². The van der Waals surface area contributed by atoms with Crippen LogP contribution < -0.4 is 0 Å². The molecule has 0 atom stereocenters. The van der Waals surface area contributed by atoms with Gasteiger partial charge in [-0.1, -0.05) is 0 Å². The van der Waals surface area contributed by atoms with Gasteiger partial charge in [0.2, 0.25) is 0 Å². The first-order chi connectivity index (χ1) is 6.09. The van der Waals surface area contributed by atoms with Crippen molar-refractivity contribution in [2.75, 3.05) is 0 Å². The lowest BCUT2D eigenvalue weighted by atomic mass is 10.1. The van der Waals surface area contributed by atoms with E-state index in [1.165, 1.54) is 4.52 Å². The van der Waals surface area contributed by atoms with Crippen molar-refractivity contribution in [3.8, 4) is 0 Å². The van der Waals surface area contributed by atoms with Gasteiger partial charge in [0, 0.05) is 6.20 Å².